The van der Waals surface area contributed by atoms with Crippen LogP contribution in [-0.4, -0.2) is 11.4 Å². The Labute approximate surface area is 98.3 Å². The molecule has 0 saturated carbocycles. The molecule has 0 amide bonds. The van der Waals surface area contributed by atoms with Crippen molar-refractivity contribution in [1.82, 2.24) is 0 Å². The van der Waals surface area contributed by atoms with E-state index in [-0.39, 0.29) is 0 Å². The number of rotatable bonds is 1. The van der Waals surface area contributed by atoms with Gasteiger partial charge in [0.1, 0.15) is 5.75 Å². The maximum Gasteiger partial charge on any atom is 0.125 e. The second-order valence-electron chi connectivity index (χ2n) is 2.61. The first kappa shape index (κ1) is 9.61. The van der Waals surface area contributed by atoms with Gasteiger partial charge in [0.25, 0.3) is 0 Å². The van der Waals surface area contributed by atoms with Crippen molar-refractivity contribution in [3.05, 3.63) is 21.1 Å². The van der Waals surface area contributed by atoms with E-state index < -0.39 is 0 Å². The van der Waals surface area contributed by atoms with E-state index in [4.69, 9.17) is 0 Å². The second kappa shape index (κ2) is 3.67. The monoisotopic (exact) mass is 322 g/mol. The zero-order valence-electron chi connectivity index (χ0n) is 6.87. The fourth-order valence-electron chi connectivity index (χ4n) is 1.18. The van der Waals surface area contributed by atoms with Crippen LogP contribution in [-0.2, 0) is 0 Å². The highest BCUT2D eigenvalue weighted by Gasteiger charge is 2.05. The summed E-state index contributed by atoms with van der Waals surface area (Å²) in [6.07, 6.45) is 2.01. The van der Waals surface area contributed by atoms with E-state index in [0.717, 1.165) is 15.0 Å². The lowest BCUT2D eigenvalue weighted by Gasteiger charge is -1.98. The van der Waals surface area contributed by atoms with Crippen molar-refractivity contribution in [1.29, 1.82) is 0 Å². The minimum absolute atomic E-state index is 0.390. The van der Waals surface area contributed by atoms with Gasteiger partial charge >= 0.3 is 0 Å². The molecule has 1 N–H and O–H groups in total. The summed E-state index contributed by atoms with van der Waals surface area (Å²) in [6.45, 7) is 0. The molecule has 0 radical (unpaired) electrons. The Hall–Kier alpha value is 0.0600. The molecule has 0 saturated heterocycles. The van der Waals surface area contributed by atoms with Gasteiger partial charge in [-0.3, -0.25) is 0 Å². The number of phenolic OH excluding ortho intramolecular Hbond substituents is 1. The lowest BCUT2D eigenvalue weighted by molar-refractivity contribution is 0.480. The molecule has 0 aliphatic heterocycles. The summed E-state index contributed by atoms with van der Waals surface area (Å²) >= 11 is 5.63. The van der Waals surface area contributed by atoms with Gasteiger partial charge in [-0.1, -0.05) is 0 Å². The second-order valence-corrected chi connectivity index (χ2v) is 6.47. The van der Waals surface area contributed by atoms with Crippen LogP contribution in [0.4, 0.5) is 0 Å². The highest BCUT2D eigenvalue weighted by Crippen LogP contribution is 2.36. The van der Waals surface area contributed by atoms with Crippen LogP contribution >= 0.6 is 45.7 Å². The summed E-state index contributed by atoms with van der Waals surface area (Å²) in [5.41, 5.74) is 0. The zero-order chi connectivity index (χ0) is 9.42. The van der Waals surface area contributed by atoms with Gasteiger partial charge in [0.2, 0.25) is 0 Å². The normalized spacial score (nSPS) is 10.9. The summed E-state index contributed by atoms with van der Waals surface area (Å²) in [6, 6.07) is 5.95. The molecule has 4 heteroatoms. The maximum atomic E-state index is 9.69. The van der Waals surface area contributed by atoms with Gasteiger partial charge in [0, 0.05) is 15.0 Å². The van der Waals surface area contributed by atoms with E-state index in [0.29, 0.717) is 5.75 Å². The molecule has 1 aromatic carbocycles. The fourth-order valence-corrected chi connectivity index (χ4v) is 3.59. The minimum Gasteiger partial charge on any atom is -0.507 e. The van der Waals surface area contributed by atoms with Crippen molar-refractivity contribution in [2.24, 2.45) is 0 Å². The molecular weight excluding hydrogens is 315 g/mol. The Bertz CT molecular complexity index is 450. The van der Waals surface area contributed by atoms with Crippen LogP contribution in [0.5, 0.6) is 5.75 Å². The van der Waals surface area contributed by atoms with Gasteiger partial charge in [0.15, 0.2) is 0 Å². The molecule has 0 fully saturated rings. The maximum absolute atomic E-state index is 9.69. The summed E-state index contributed by atoms with van der Waals surface area (Å²) in [5, 5.41) is 10.7. The van der Waals surface area contributed by atoms with E-state index >= 15 is 0 Å². The number of aromatic hydroxyl groups is 1. The SMILES string of the molecule is CSc1cc(O)c2cc(I)sc2c1. The Morgan fingerprint density at radius 2 is 2.15 bits per heavy atom. The Morgan fingerprint density at radius 1 is 1.38 bits per heavy atom. The molecule has 0 spiro atoms. The highest BCUT2D eigenvalue weighted by atomic mass is 127. The average Bonchev–Trinajstić information content (AvgIpc) is 2.46. The first-order valence-electron chi connectivity index (χ1n) is 3.67. The van der Waals surface area contributed by atoms with E-state index in [1.165, 1.54) is 2.88 Å². The highest BCUT2D eigenvalue weighted by molar-refractivity contribution is 14.1. The van der Waals surface area contributed by atoms with Crippen molar-refractivity contribution in [3.8, 4) is 5.75 Å². The molecule has 1 aromatic heterocycles. The number of hydrogen-bond acceptors (Lipinski definition) is 3. The van der Waals surface area contributed by atoms with Crippen LogP contribution in [0.3, 0.4) is 0 Å². The van der Waals surface area contributed by atoms with E-state index in [1.807, 2.05) is 18.4 Å². The number of fused-ring (bicyclic) bond motifs is 1. The first-order chi connectivity index (χ1) is 6.20. The van der Waals surface area contributed by atoms with Crippen molar-refractivity contribution < 1.29 is 5.11 Å². The molecule has 1 heterocycles. The van der Waals surface area contributed by atoms with Crippen molar-refractivity contribution in [2.45, 2.75) is 4.90 Å². The minimum atomic E-state index is 0.390. The third-order valence-electron chi connectivity index (χ3n) is 1.79. The molecule has 0 unspecified atom stereocenters. The number of thiophene rings is 1. The van der Waals surface area contributed by atoms with Crippen molar-refractivity contribution in [2.75, 3.05) is 6.26 Å². The molecule has 1 nitrogen and oxygen atoms in total. The van der Waals surface area contributed by atoms with Gasteiger partial charge in [-0.25, -0.2) is 0 Å². The van der Waals surface area contributed by atoms with E-state index in [9.17, 15) is 5.11 Å². The summed E-state index contributed by atoms with van der Waals surface area (Å²) < 4.78 is 2.37. The topological polar surface area (TPSA) is 20.2 Å². The molecule has 0 aliphatic rings. The molecule has 2 rings (SSSR count). The Balaban J connectivity index is 2.75. The number of thioether (sulfide) groups is 1. The molecule has 68 valence electrons. The van der Waals surface area contributed by atoms with Gasteiger partial charge in [0.05, 0.1) is 2.88 Å². The van der Waals surface area contributed by atoms with Gasteiger partial charge < -0.3 is 5.11 Å². The average molecular weight is 322 g/mol. The van der Waals surface area contributed by atoms with Crippen LogP contribution in [0.2, 0.25) is 0 Å². The van der Waals surface area contributed by atoms with Crippen molar-refractivity contribution >= 4 is 55.8 Å². The largest absolute Gasteiger partial charge is 0.507 e. The Morgan fingerprint density at radius 3 is 2.85 bits per heavy atom. The van der Waals surface area contributed by atoms with Gasteiger partial charge in [-0.2, -0.15) is 0 Å². The smallest absolute Gasteiger partial charge is 0.125 e. The van der Waals surface area contributed by atoms with Crippen LogP contribution in [0.25, 0.3) is 10.1 Å². The molecular formula is C9H7IOS2. The third-order valence-corrected chi connectivity index (χ3v) is 4.34. The van der Waals surface area contributed by atoms with Crippen LogP contribution < -0.4 is 0 Å². The quantitative estimate of drug-likeness (QED) is 0.634. The van der Waals surface area contributed by atoms with E-state index in [1.54, 1.807) is 23.1 Å². The van der Waals surface area contributed by atoms with Crippen molar-refractivity contribution in [3.63, 3.8) is 0 Å². The van der Waals surface area contributed by atoms with E-state index in [2.05, 4.69) is 28.7 Å². The number of hydrogen-bond donors (Lipinski definition) is 1. The molecule has 2 aromatic rings. The number of phenols is 1. The van der Waals surface area contributed by atoms with Crippen LogP contribution in [0.1, 0.15) is 0 Å². The van der Waals surface area contributed by atoms with Crippen LogP contribution in [0.15, 0.2) is 23.1 Å². The summed E-state index contributed by atoms with van der Waals surface area (Å²) in [4.78, 5) is 1.11. The molecule has 0 aliphatic carbocycles. The molecule has 0 atom stereocenters. The van der Waals surface area contributed by atoms with Crippen LogP contribution in [0, 0.1) is 2.88 Å². The fraction of sp³-hybridized carbons (Fsp3) is 0.111. The first-order valence-corrected chi connectivity index (χ1v) is 6.79. The summed E-state index contributed by atoms with van der Waals surface area (Å²) in [5.74, 6) is 0.390. The lowest BCUT2D eigenvalue weighted by atomic mass is 10.2. The zero-order valence-corrected chi connectivity index (χ0v) is 10.7. The predicted octanol–water partition coefficient (Wildman–Crippen LogP) is 3.93. The Kier molecular flexibility index (Phi) is 2.71. The number of halogens is 1. The standard InChI is InChI=1S/C9H7IOS2/c1-12-5-2-7(11)6-4-9(10)13-8(6)3-5/h2-4,11H,1H3. The lowest BCUT2D eigenvalue weighted by Crippen LogP contribution is -1.70. The summed E-state index contributed by atoms with van der Waals surface area (Å²) in [7, 11) is 0. The third kappa shape index (κ3) is 1.80. The predicted molar refractivity (Wildman–Crippen MR) is 68.0 cm³/mol. The molecule has 13 heavy (non-hydrogen) atoms. The molecule has 0 bridgehead atoms. The van der Waals surface area contributed by atoms with Gasteiger partial charge in [-0.15, -0.1) is 23.1 Å². The van der Waals surface area contributed by atoms with Gasteiger partial charge in [-0.05, 0) is 47.0 Å². The number of benzene rings is 1.